The second kappa shape index (κ2) is 7.21. The Labute approximate surface area is 114 Å². The van der Waals surface area contributed by atoms with Crippen LogP contribution in [0.25, 0.3) is 0 Å². The van der Waals surface area contributed by atoms with Crippen LogP contribution >= 0.6 is 0 Å². The van der Waals surface area contributed by atoms with Gasteiger partial charge in [-0.25, -0.2) is 0 Å². The second-order valence-corrected chi connectivity index (χ2v) is 4.50. The molecule has 0 aliphatic carbocycles. The van der Waals surface area contributed by atoms with Crippen molar-refractivity contribution in [3.63, 3.8) is 0 Å². The smallest absolute Gasteiger partial charge is 0.203 e. The van der Waals surface area contributed by atoms with Gasteiger partial charge in [0.1, 0.15) is 0 Å². The van der Waals surface area contributed by atoms with Crippen molar-refractivity contribution in [2.75, 3.05) is 27.9 Å². The molecule has 0 aliphatic rings. The maximum Gasteiger partial charge on any atom is 0.203 e. The molecule has 5 nitrogen and oxygen atoms in total. The van der Waals surface area contributed by atoms with Gasteiger partial charge in [0.15, 0.2) is 11.5 Å². The maximum absolute atomic E-state index is 10.2. The molecule has 0 heterocycles. The third-order valence-electron chi connectivity index (χ3n) is 2.81. The van der Waals surface area contributed by atoms with Crippen LogP contribution in [0.5, 0.6) is 17.2 Å². The van der Waals surface area contributed by atoms with Crippen LogP contribution in [0.1, 0.15) is 25.5 Å². The molecule has 0 aromatic heterocycles. The Morgan fingerprint density at radius 2 is 1.68 bits per heavy atom. The van der Waals surface area contributed by atoms with E-state index in [9.17, 15) is 5.11 Å². The van der Waals surface area contributed by atoms with E-state index in [4.69, 9.17) is 14.2 Å². The van der Waals surface area contributed by atoms with Crippen LogP contribution < -0.4 is 19.5 Å². The quantitative estimate of drug-likeness (QED) is 0.789. The fourth-order valence-corrected chi connectivity index (χ4v) is 1.84. The predicted octanol–water partition coefficient (Wildman–Crippen LogP) is 1.74. The van der Waals surface area contributed by atoms with Crippen LogP contribution in [0.3, 0.4) is 0 Å². The molecular formula is C14H23NO4. The van der Waals surface area contributed by atoms with Crippen LogP contribution in [0.15, 0.2) is 12.1 Å². The SMILES string of the molecule is COc1ccc(C(O)CNC(C)C)c(OC)c1OC. The van der Waals surface area contributed by atoms with Gasteiger partial charge in [-0.05, 0) is 12.1 Å². The molecule has 0 fully saturated rings. The van der Waals surface area contributed by atoms with E-state index in [1.54, 1.807) is 33.5 Å². The summed E-state index contributed by atoms with van der Waals surface area (Å²) < 4.78 is 15.8. The number of benzene rings is 1. The summed E-state index contributed by atoms with van der Waals surface area (Å²) in [5, 5.41) is 13.4. The van der Waals surface area contributed by atoms with Gasteiger partial charge >= 0.3 is 0 Å². The van der Waals surface area contributed by atoms with E-state index in [0.29, 0.717) is 35.4 Å². The highest BCUT2D eigenvalue weighted by molar-refractivity contribution is 5.56. The molecule has 0 amide bonds. The third kappa shape index (κ3) is 3.75. The van der Waals surface area contributed by atoms with Gasteiger partial charge in [-0.1, -0.05) is 13.8 Å². The van der Waals surface area contributed by atoms with Crippen molar-refractivity contribution < 1.29 is 19.3 Å². The van der Waals surface area contributed by atoms with Crippen LogP contribution in [0.2, 0.25) is 0 Å². The monoisotopic (exact) mass is 269 g/mol. The first-order valence-electron chi connectivity index (χ1n) is 6.25. The first-order chi connectivity index (χ1) is 9.04. The Bertz CT molecular complexity index is 407. The van der Waals surface area contributed by atoms with Crippen molar-refractivity contribution in [3.05, 3.63) is 17.7 Å². The van der Waals surface area contributed by atoms with Crippen molar-refractivity contribution in [3.8, 4) is 17.2 Å². The summed E-state index contributed by atoms with van der Waals surface area (Å²) in [6.45, 7) is 4.50. The van der Waals surface area contributed by atoms with E-state index < -0.39 is 6.10 Å². The van der Waals surface area contributed by atoms with Crippen molar-refractivity contribution in [2.24, 2.45) is 0 Å². The molecule has 1 atom stereocenters. The molecule has 0 saturated heterocycles. The van der Waals surface area contributed by atoms with Crippen LogP contribution in [0, 0.1) is 0 Å². The van der Waals surface area contributed by atoms with Crippen molar-refractivity contribution in [1.82, 2.24) is 5.32 Å². The first-order valence-corrected chi connectivity index (χ1v) is 6.25. The summed E-state index contributed by atoms with van der Waals surface area (Å²) in [5.74, 6) is 1.57. The number of nitrogens with one attached hydrogen (secondary N) is 1. The van der Waals surface area contributed by atoms with E-state index >= 15 is 0 Å². The number of hydrogen-bond donors (Lipinski definition) is 2. The number of ether oxygens (including phenoxy) is 3. The molecule has 0 bridgehead atoms. The Hall–Kier alpha value is -1.46. The molecule has 0 saturated carbocycles. The average molecular weight is 269 g/mol. The van der Waals surface area contributed by atoms with Crippen LogP contribution in [0.4, 0.5) is 0 Å². The summed E-state index contributed by atoms with van der Waals surface area (Å²) in [5.41, 5.74) is 0.674. The Morgan fingerprint density at radius 1 is 1.05 bits per heavy atom. The molecule has 1 aromatic carbocycles. The second-order valence-electron chi connectivity index (χ2n) is 4.50. The lowest BCUT2D eigenvalue weighted by Crippen LogP contribution is -2.28. The van der Waals surface area contributed by atoms with Crippen molar-refractivity contribution >= 4 is 0 Å². The molecule has 0 aliphatic heterocycles. The Morgan fingerprint density at radius 3 is 2.16 bits per heavy atom. The number of aliphatic hydroxyl groups is 1. The van der Waals surface area contributed by atoms with Crippen molar-refractivity contribution in [2.45, 2.75) is 26.0 Å². The molecule has 19 heavy (non-hydrogen) atoms. The summed E-state index contributed by atoms with van der Waals surface area (Å²) in [6.07, 6.45) is -0.669. The molecule has 0 radical (unpaired) electrons. The highest BCUT2D eigenvalue weighted by Crippen LogP contribution is 2.41. The lowest BCUT2D eigenvalue weighted by molar-refractivity contribution is 0.166. The fourth-order valence-electron chi connectivity index (χ4n) is 1.84. The van der Waals surface area contributed by atoms with Gasteiger partial charge in [0.05, 0.1) is 27.4 Å². The standard InChI is InChI=1S/C14H23NO4/c1-9(2)15-8-11(16)10-6-7-12(17-3)14(19-5)13(10)18-4/h6-7,9,11,15-16H,8H2,1-5H3. The summed E-state index contributed by atoms with van der Waals surface area (Å²) in [6, 6.07) is 3.85. The van der Waals surface area contributed by atoms with E-state index in [0.717, 1.165) is 0 Å². The number of aliphatic hydroxyl groups excluding tert-OH is 1. The Balaban J connectivity index is 3.06. The normalized spacial score (nSPS) is 12.4. The molecule has 5 heteroatoms. The van der Waals surface area contributed by atoms with Crippen LogP contribution in [-0.2, 0) is 0 Å². The minimum atomic E-state index is -0.669. The molecular weight excluding hydrogens is 246 g/mol. The molecule has 1 unspecified atom stereocenters. The zero-order valence-electron chi connectivity index (χ0n) is 12.2. The highest BCUT2D eigenvalue weighted by Gasteiger charge is 2.20. The molecule has 1 aromatic rings. The third-order valence-corrected chi connectivity index (χ3v) is 2.81. The molecule has 1 rings (SSSR count). The fraction of sp³-hybridized carbons (Fsp3) is 0.571. The van der Waals surface area contributed by atoms with Gasteiger partial charge in [0, 0.05) is 18.2 Å². The minimum absolute atomic E-state index is 0.306. The van der Waals surface area contributed by atoms with Gasteiger partial charge in [0.25, 0.3) is 0 Å². The van der Waals surface area contributed by atoms with Gasteiger partial charge in [-0.15, -0.1) is 0 Å². The highest BCUT2D eigenvalue weighted by atomic mass is 16.5. The molecule has 108 valence electrons. The van der Waals surface area contributed by atoms with E-state index in [1.165, 1.54) is 0 Å². The maximum atomic E-state index is 10.2. The van der Waals surface area contributed by atoms with Gasteiger partial charge in [-0.2, -0.15) is 0 Å². The van der Waals surface area contributed by atoms with E-state index in [-0.39, 0.29) is 0 Å². The topological polar surface area (TPSA) is 60.0 Å². The number of hydrogen-bond acceptors (Lipinski definition) is 5. The van der Waals surface area contributed by atoms with Gasteiger partial charge in [-0.3, -0.25) is 0 Å². The van der Waals surface area contributed by atoms with Gasteiger partial charge < -0.3 is 24.6 Å². The van der Waals surface area contributed by atoms with Gasteiger partial charge in [0.2, 0.25) is 5.75 Å². The Kier molecular flexibility index (Phi) is 5.92. The molecule has 0 spiro atoms. The summed E-state index contributed by atoms with van der Waals surface area (Å²) in [4.78, 5) is 0. The largest absolute Gasteiger partial charge is 0.493 e. The zero-order chi connectivity index (χ0) is 14.4. The predicted molar refractivity (Wildman–Crippen MR) is 74.2 cm³/mol. The van der Waals surface area contributed by atoms with E-state index in [2.05, 4.69) is 5.32 Å². The van der Waals surface area contributed by atoms with Crippen LogP contribution in [-0.4, -0.2) is 39.0 Å². The average Bonchev–Trinajstić information content (AvgIpc) is 2.42. The molecule has 2 N–H and O–H groups in total. The first kappa shape index (κ1) is 15.6. The zero-order valence-corrected chi connectivity index (χ0v) is 12.2. The minimum Gasteiger partial charge on any atom is -0.493 e. The number of rotatable bonds is 7. The lowest BCUT2D eigenvalue weighted by Gasteiger charge is -2.20. The van der Waals surface area contributed by atoms with E-state index in [1.807, 2.05) is 13.8 Å². The van der Waals surface area contributed by atoms with Crippen molar-refractivity contribution in [1.29, 1.82) is 0 Å². The summed E-state index contributed by atoms with van der Waals surface area (Å²) in [7, 11) is 4.65. The lowest BCUT2D eigenvalue weighted by atomic mass is 10.1. The number of methoxy groups -OCH3 is 3. The summed E-state index contributed by atoms with van der Waals surface area (Å²) >= 11 is 0.